The van der Waals surface area contributed by atoms with Crippen LogP contribution < -0.4 is 9.62 Å². The molecule has 0 fully saturated rings. The van der Waals surface area contributed by atoms with Crippen molar-refractivity contribution in [2.24, 2.45) is 0 Å². The van der Waals surface area contributed by atoms with E-state index in [-0.39, 0.29) is 5.91 Å². The van der Waals surface area contributed by atoms with Crippen molar-refractivity contribution in [2.75, 3.05) is 17.1 Å². The number of sulfonamides is 1. The third kappa shape index (κ3) is 6.26. The first-order valence-corrected chi connectivity index (χ1v) is 11.0. The van der Waals surface area contributed by atoms with Gasteiger partial charge in [-0.15, -0.1) is 0 Å². The fourth-order valence-corrected chi connectivity index (χ4v) is 4.18. The number of nitrogens with one attached hydrogen (secondary N) is 1. The van der Waals surface area contributed by atoms with Gasteiger partial charge in [0.05, 0.1) is 11.9 Å². The van der Waals surface area contributed by atoms with Gasteiger partial charge in [-0.1, -0.05) is 47.5 Å². The second-order valence-corrected chi connectivity index (χ2v) is 8.89. The summed E-state index contributed by atoms with van der Waals surface area (Å²) in [5.41, 5.74) is 2.79. The molecule has 2 aromatic carbocycles. The van der Waals surface area contributed by atoms with Crippen LogP contribution in [0.2, 0.25) is 5.02 Å². The van der Waals surface area contributed by atoms with E-state index in [1.807, 2.05) is 6.92 Å². The molecule has 0 bridgehead atoms. The molecular formula is C20H25ClN2O3S. The first-order valence-electron chi connectivity index (χ1n) is 8.76. The Bertz CT molecular complexity index is 882. The lowest BCUT2D eigenvalue weighted by atomic mass is 10.1. The summed E-state index contributed by atoms with van der Waals surface area (Å²) in [7, 11) is -3.64. The zero-order valence-electron chi connectivity index (χ0n) is 15.8. The van der Waals surface area contributed by atoms with E-state index in [1.54, 1.807) is 25.1 Å². The average Bonchev–Trinajstić information content (AvgIpc) is 2.59. The van der Waals surface area contributed by atoms with Gasteiger partial charge in [0, 0.05) is 11.6 Å². The Hall–Kier alpha value is -2.05. The van der Waals surface area contributed by atoms with Gasteiger partial charge in [0.25, 0.3) is 0 Å². The molecule has 0 heterocycles. The van der Waals surface area contributed by atoms with Crippen molar-refractivity contribution in [3.8, 4) is 0 Å². The van der Waals surface area contributed by atoms with E-state index in [2.05, 4.69) is 29.6 Å². The maximum absolute atomic E-state index is 12.5. The molecule has 0 aliphatic rings. The Balaban J connectivity index is 1.97. The number of benzene rings is 2. The van der Waals surface area contributed by atoms with Crippen molar-refractivity contribution in [1.29, 1.82) is 0 Å². The molecule has 146 valence electrons. The van der Waals surface area contributed by atoms with Crippen molar-refractivity contribution in [2.45, 2.75) is 32.7 Å². The van der Waals surface area contributed by atoms with E-state index in [9.17, 15) is 13.2 Å². The molecule has 1 amide bonds. The van der Waals surface area contributed by atoms with Crippen LogP contribution in [0.3, 0.4) is 0 Å². The highest BCUT2D eigenvalue weighted by Gasteiger charge is 2.28. The SMILES string of the molecule is Cc1ccc(CCCNC(=O)[C@@H](C)N(c2cccc(Cl)c2)S(C)(=O)=O)cc1. The zero-order valence-corrected chi connectivity index (χ0v) is 17.3. The molecule has 5 nitrogen and oxygen atoms in total. The van der Waals surface area contributed by atoms with Gasteiger partial charge in [-0.3, -0.25) is 9.10 Å². The van der Waals surface area contributed by atoms with Crippen molar-refractivity contribution < 1.29 is 13.2 Å². The summed E-state index contributed by atoms with van der Waals surface area (Å²) >= 11 is 5.97. The Morgan fingerprint density at radius 1 is 1.19 bits per heavy atom. The van der Waals surface area contributed by atoms with E-state index < -0.39 is 16.1 Å². The maximum atomic E-state index is 12.5. The summed E-state index contributed by atoms with van der Waals surface area (Å²) in [6.07, 6.45) is 2.70. The molecular weight excluding hydrogens is 384 g/mol. The van der Waals surface area contributed by atoms with Crippen molar-refractivity contribution in [3.63, 3.8) is 0 Å². The lowest BCUT2D eigenvalue weighted by Gasteiger charge is -2.28. The largest absolute Gasteiger partial charge is 0.354 e. The minimum atomic E-state index is -3.64. The van der Waals surface area contributed by atoms with Gasteiger partial charge >= 0.3 is 0 Å². The van der Waals surface area contributed by atoms with Crippen LogP contribution in [-0.4, -0.2) is 33.2 Å². The third-order valence-corrected chi connectivity index (χ3v) is 5.69. The Kier molecular flexibility index (Phi) is 7.27. The number of hydrogen-bond donors (Lipinski definition) is 1. The molecule has 0 spiro atoms. The van der Waals surface area contributed by atoms with Crippen LogP contribution >= 0.6 is 11.6 Å². The number of anilines is 1. The number of halogens is 1. The molecule has 0 aromatic heterocycles. The van der Waals surface area contributed by atoms with Crippen LogP contribution in [-0.2, 0) is 21.2 Å². The minimum Gasteiger partial charge on any atom is -0.354 e. The molecule has 7 heteroatoms. The van der Waals surface area contributed by atoms with Crippen LogP contribution in [0.25, 0.3) is 0 Å². The summed E-state index contributed by atoms with van der Waals surface area (Å²) in [4.78, 5) is 12.5. The number of aryl methyl sites for hydroxylation is 2. The Labute approximate surface area is 166 Å². The zero-order chi connectivity index (χ0) is 20.0. The number of hydrogen-bond acceptors (Lipinski definition) is 3. The first-order chi connectivity index (χ1) is 12.7. The minimum absolute atomic E-state index is 0.343. The van der Waals surface area contributed by atoms with Crippen LogP contribution in [0.15, 0.2) is 48.5 Å². The average molecular weight is 409 g/mol. The quantitative estimate of drug-likeness (QED) is 0.679. The fraction of sp³-hybridized carbons (Fsp3) is 0.350. The predicted molar refractivity (Wildman–Crippen MR) is 111 cm³/mol. The van der Waals surface area contributed by atoms with Crippen molar-refractivity contribution in [1.82, 2.24) is 5.32 Å². The van der Waals surface area contributed by atoms with Gasteiger partial charge in [-0.05, 0) is 50.5 Å². The van der Waals surface area contributed by atoms with Crippen LogP contribution in [0.4, 0.5) is 5.69 Å². The van der Waals surface area contributed by atoms with Gasteiger partial charge in [0.2, 0.25) is 15.9 Å². The number of rotatable bonds is 8. The van der Waals surface area contributed by atoms with Crippen molar-refractivity contribution in [3.05, 3.63) is 64.7 Å². The monoisotopic (exact) mass is 408 g/mol. The molecule has 2 rings (SSSR count). The number of carbonyl (C=O) groups is 1. The topological polar surface area (TPSA) is 66.5 Å². The smallest absolute Gasteiger partial charge is 0.243 e. The van der Waals surface area contributed by atoms with E-state index in [4.69, 9.17) is 11.6 Å². The number of carbonyl (C=O) groups excluding carboxylic acids is 1. The molecule has 1 N–H and O–H groups in total. The summed E-state index contributed by atoms with van der Waals surface area (Å²) in [6.45, 7) is 4.08. The maximum Gasteiger partial charge on any atom is 0.243 e. The van der Waals surface area contributed by atoms with Crippen LogP contribution in [0, 0.1) is 6.92 Å². The third-order valence-electron chi connectivity index (χ3n) is 4.21. The predicted octanol–water partition coefficient (Wildman–Crippen LogP) is 3.55. The second-order valence-electron chi connectivity index (χ2n) is 6.59. The first kappa shape index (κ1) is 21.3. The number of nitrogens with zero attached hydrogens (tertiary/aromatic N) is 1. The van der Waals surface area contributed by atoms with Gasteiger partial charge in [0.15, 0.2) is 0 Å². The number of amides is 1. The lowest BCUT2D eigenvalue weighted by molar-refractivity contribution is -0.121. The fourth-order valence-electron chi connectivity index (χ4n) is 2.83. The van der Waals surface area contributed by atoms with Gasteiger partial charge in [0.1, 0.15) is 6.04 Å². The molecule has 1 atom stereocenters. The van der Waals surface area contributed by atoms with Crippen LogP contribution in [0.5, 0.6) is 0 Å². The molecule has 0 aliphatic heterocycles. The molecule has 0 radical (unpaired) electrons. The second kappa shape index (κ2) is 9.24. The highest BCUT2D eigenvalue weighted by molar-refractivity contribution is 7.92. The Morgan fingerprint density at radius 3 is 2.44 bits per heavy atom. The molecule has 0 aliphatic carbocycles. The van der Waals surface area contributed by atoms with E-state index in [0.717, 1.165) is 23.4 Å². The van der Waals surface area contributed by atoms with Crippen molar-refractivity contribution >= 4 is 33.2 Å². The standard InChI is InChI=1S/C20H25ClN2O3S/c1-15-9-11-17(12-10-15)6-5-13-22-20(24)16(2)23(27(3,25)26)19-8-4-7-18(21)14-19/h4,7-12,14,16H,5-6,13H2,1-3H3,(H,22,24)/t16-/m1/s1. The highest BCUT2D eigenvalue weighted by Crippen LogP contribution is 2.24. The van der Waals surface area contributed by atoms with Gasteiger partial charge in [-0.25, -0.2) is 8.42 Å². The van der Waals surface area contributed by atoms with Gasteiger partial charge in [-0.2, -0.15) is 0 Å². The summed E-state index contributed by atoms with van der Waals surface area (Å²) < 4.78 is 25.6. The Morgan fingerprint density at radius 2 is 1.85 bits per heavy atom. The normalized spacial score (nSPS) is 12.4. The molecule has 0 saturated heterocycles. The molecule has 2 aromatic rings. The summed E-state index contributed by atoms with van der Waals surface area (Å²) in [5.74, 6) is -0.343. The summed E-state index contributed by atoms with van der Waals surface area (Å²) in [6, 6.07) is 13.9. The van der Waals surface area contributed by atoms with E-state index >= 15 is 0 Å². The van der Waals surface area contributed by atoms with Gasteiger partial charge < -0.3 is 5.32 Å². The van der Waals surface area contributed by atoms with Crippen LogP contribution in [0.1, 0.15) is 24.5 Å². The summed E-state index contributed by atoms with van der Waals surface area (Å²) in [5, 5.41) is 3.23. The lowest BCUT2D eigenvalue weighted by Crippen LogP contribution is -2.48. The van der Waals surface area contributed by atoms with E-state index in [0.29, 0.717) is 17.3 Å². The molecule has 0 unspecified atom stereocenters. The molecule has 27 heavy (non-hydrogen) atoms. The van der Waals surface area contributed by atoms with E-state index in [1.165, 1.54) is 17.2 Å². The highest BCUT2D eigenvalue weighted by atomic mass is 35.5. The molecule has 0 saturated carbocycles.